The summed E-state index contributed by atoms with van der Waals surface area (Å²) in [5.41, 5.74) is 0.823. The molecule has 5 heteroatoms. The van der Waals surface area contributed by atoms with Gasteiger partial charge < -0.3 is 0 Å². The van der Waals surface area contributed by atoms with Gasteiger partial charge in [-0.25, -0.2) is 8.78 Å². The predicted octanol–water partition coefficient (Wildman–Crippen LogP) is 3.67. The van der Waals surface area contributed by atoms with Crippen LogP contribution in [0.1, 0.15) is 23.4 Å². The van der Waals surface area contributed by atoms with Crippen LogP contribution >= 0.6 is 34.2 Å². The van der Waals surface area contributed by atoms with Gasteiger partial charge in [0.1, 0.15) is 5.69 Å². The summed E-state index contributed by atoms with van der Waals surface area (Å²) in [6, 6.07) is 1.65. The van der Waals surface area contributed by atoms with Crippen molar-refractivity contribution in [3.05, 3.63) is 26.6 Å². The van der Waals surface area contributed by atoms with Crippen LogP contribution in [-0.4, -0.2) is 4.98 Å². The molecule has 0 amide bonds. The highest BCUT2D eigenvalue weighted by Gasteiger charge is 2.15. The zero-order valence-electron chi connectivity index (χ0n) is 6.82. The number of nitrogens with zero attached hydrogens (tertiary/aromatic N) is 1. The summed E-state index contributed by atoms with van der Waals surface area (Å²) in [6.07, 6.45) is -2.55. The normalized spacial score (nSPS) is 10.9. The van der Waals surface area contributed by atoms with Crippen LogP contribution in [-0.2, 0) is 5.88 Å². The van der Waals surface area contributed by atoms with Crippen molar-refractivity contribution in [2.45, 2.75) is 19.2 Å². The van der Waals surface area contributed by atoms with E-state index in [2.05, 4.69) is 4.98 Å². The van der Waals surface area contributed by atoms with Crippen LogP contribution in [0.25, 0.3) is 0 Å². The Balaban J connectivity index is 3.25. The molecule has 1 rings (SSSR count). The van der Waals surface area contributed by atoms with Crippen molar-refractivity contribution >= 4 is 34.2 Å². The topological polar surface area (TPSA) is 12.9 Å². The summed E-state index contributed by atoms with van der Waals surface area (Å²) >= 11 is 7.57. The molecule has 1 aromatic heterocycles. The Morgan fingerprint density at radius 3 is 2.69 bits per heavy atom. The lowest BCUT2D eigenvalue weighted by Gasteiger charge is -2.07. The monoisotopic (exact) mass is 317 g/mol. The maximum atomic E-state index is 12.4. The van der Waals surface area contributed by atoms with E-state index in [1.54, 1.807) is 13.0 Å². The van der Waals surface area contributed by atoms with Crippen molar-refractivity contribution in [1.82, 2.24) is 4.98 Å². The lowest BCUT2D eigenvalue weighted by Crippen LogP contribution is -2.00. The van der Waals surface area contributed by atoms with Gasteiger partial charge in [0.25, 0.3) is 6.43 Å². The molecule has 0 saturated heterocycles. The minimum atomic E-state index is -2.55. The van der Waals surface area contributed by atoms with E-state index in [1.165, 1.54) is 0 Å². The minimum Gasteiger partial charge on any atom is -0.251 e. The number of halogens is 4. The summed E-state index contributed by atoms with van der Waals surface area (Å²) in [6.45, 7) is 1.70. The summed E-state index contributed by atoms with van der Waals surface area (Å²) in [7, 11) is 0. The standard InChI is InChI=1S/C8H7ClF2IN/c1-4-6(12)2-5(3-9)7(13-4)8(10)11/h2,8H,3H2,1H3. The van der Waals surface area contributed by atoms with E-state index < -0.39 is 6.43 Å². The molecule has 1 nitrogen and oxygen atoms in total. The second kappa shape index (κ2) is 4.50. The Morgan fingerprint density at radius 2 is 2.23 bits per heavy atom. The van der Waals surface area contributed by atoms with Gasteiger partial charge in [-0.2, -0.15) is 0 Å². The van der Waals surface area contributed by atoms with E-state index in [4.69, 9.17) is 11.6 Å². The molecule has 0 aliphatic heterocycles. The smallest absolute Gasteiger partial charge is 0.251 e. The first-order valence-electron chi connectivity index (χ1n) is 3.56. The first kappa shape index (κ1) is 11.1. The largest absolute Gasteiger partial charge is 0.280 e. The van der Waals surface area contributed by atoms with Crippen LogP contribution < -0.4 is 0 Å². The van der Waals surface area contributed by atoms with Gasteiger partial charge in [-0.15, -0.1) is 11.6 Å². The van der Waals surface area contributed by atoms with Crippen LogP contribution in [0.2, 0.25) is 0 Å². The highest BCUT2D eigenvalue weighted by molar-refractivity contribution is 14.1. The summed E-state index contributed by atoms with van der Waals surface area (Å²) in [5.74, 6) is 0.0724. The lowest BCUT2D eigenvalue weighted by atomic mass is 10.2. The van der Waals surface area contributed by atoms with Gasteiger partial charge in [0.05, 0.1) is 5.69 Å². The Kier molecular flexibility index (Phi) is 3.85. The van der Waals surface area contributed by atoms with Crippen LogP contribution in [0, 0.1) is 10.5 Å². The molecule has 0 bridgehead atoms. The number of rotatable bonds is 2. The zero-order valence-corrected chi connectivity index (χ0v) is 9.73. The molecular formula is C8H7ClF2IN. The molecular weight excluding hydrogens is 310 g/mol. The number of hydrogen-bond acceptors (Lipinski definition) is 1. The Labute approximate surface area is 93.6 Å². The van der Waals surface area contributed by atoms with E-state index in [1.807, 2.05) is 22.6 Å². The number of aryl methyl sites for hydroxylation is 1. The molecule has 0 aromatic carbocycles. The van der Waals surface area contributed by atoms with Crippen LogP contribution in [0.5, 0.6) is 0 Å². The molecule has 1 heterocycles. The average Bonchev–Trinajstić information content (AvgIpc) is 2.08. The van der Waals surface area contributed by atoms with E-state index in [-0.39, 0.29) is 11.6 Å². The summed E-state index contributed by atoms with van der Waals surface area (Å²) in [5, 5.41) is 0. The number of pyridine rings is 1. The molecule has 0 N–H and O–H groups in total. The molecule has 0 saturated carbocycles. The fraction of sp³-hybridized carbons (Fsp3) is 0.375. The van der Waals surface area contributed by atoms with Crippen LogP contribution in [0.15, 0.2) is 6.07 Å². The Bertz CT molecular complexity index is 317. The van der Waals surface area contributed by atoms with Crippen molar-refractivity contribution in [3.8, 4) is 0 Å². The first-order valence-corrected chi connectivity index (χ1v) is 5.17. The highest BCUT2D eigenvalue weighted by Crippen LogP contribution is 2.24. The number of hydrogen-bond donors (Lipinski definition) is 0. The third-order valence-corrected chi connectivity index (χ3v) is 2.99. The van der Waals surface area contributed by atoms with E-state index in [9.17, 15) is 8.78 Å². The number of aromatic nitrogens is 1. The second-order valence-electron chi connectivity index (χ2n) is 2.53. The predicted molar refractivity (Wildman–Crippen MR) is 56.2 cm³/mol. The van der Waals surface area contributed by atoms with Crippen LogP contribution in [0.3, 0.4) is 0 Å². The van der Waals surface area contributed by atoms with E-state index >= 15 is 0 Å². The maximum absolute atomic E-state index is 12.4. The molecule has 1 aromatic rings. The molecule has 0 fully saturated rings. The van der Waals surface area contributed by atoms with Gasteiger partial charge in [-0.05, 0) is 41.1 Å². The first-order chi connectivity index (χ1) is 6.06. The van der Waals surface area contributed by atoms with E-state index in [0.717, 1.165) is 3.57 Å². The van der Waals surface area contributed by atoms with Gasteiger partial charge in [-0.3, -0.25) is 4.98 Å². The number of alkyl halides is 3. The van der Waals surface area contributed by atoms with Crippen molar-refractivity contribution in [3.63, 3.8) is 0 Å². The molecule has 0 aliphatic carbocycles. The molecule has 0 atom stereocenters. The fourth-order valence-electron chi connectivity index (χ4n) is 0.933. The van der Waals surface area contributed by atoms with Crippen molar-refractivity contribution in [1.29, 1.82) is 0 Å². The van der Waals surface area contributed by atoms with E-state index in [0.29, 0.717) is 11.3 Å². The third kappa shape index (κ3) is 2.49. The van der Waals surface area contributed by atoms with Crippen molar-refractivity contribution in [2.75, 3.05) is 0 Å². The molecule has 0 unspecified atom stereocenters. The highest BCUT2D eigenvalue weighted by atomic mass is 127. The zero-order chi connectivity index (χ0) is 10.0. The molecule has 13 heavy (non-hydrogen) atoms. The molecule has 72 valence electrons. The Morgan fingerprint density at radius 1 is 1.62 bits per heavy atom. The second-order valence-corrected chi connectivity index (χ2v) is 3.96. The minimum absolute atomic E-state index is 0.0724. The van der Waals surface area contributed by atoms with Gasteiger partial charge in [0.15, 0.2) is 0 Å². The Hall–Kier alpha value is 0.0300. The van der Waals surface area contributed by atoms with Gasteiger partial charge >= 0.3 is 0 Å². The van der Waals surface area contributed by atoms with Crippen molar-refractivity contribution < 1.29 is 8.78 Å². The van der Waals surface area contributed by atoms with Gasteiger partial charge in [0.2, 0.25) is 0 Å². The SMILES string of the molecule is Cc1nc(C(F)F)c(CCl)cc1I. The molecule has 0 spiro atoms. The average molecular weight is 318 g/mol. The quantitative estimate of drug-likeness (QED) is 0.599. The molecule has 0 aliphatic rings. The van der Waals surface area contributed by atoms with Gasteiger partial charge in [-0.1, -0.05) is 0 Å². The third-order valence-electron chi connectivity index (χ3n) is 1.61. The van der Waals surface area contributed by atoms with Crippen molar-refractivity contribution in [2.24, 2.45) is 0 Å². The summed E-state index contributed by atoms with van der Waals surface area (Å²) in [4.78, 5) is 3.80. The fourth-order valence-corrected chi connectivity index (χ4v) is 1.64. The van der Waals surface area contributed by atoms with Gasteiger partial charge in [0, 0.05) is 9.45 Å². The lowest BCUT2D eigenvalue weighted by molar-refractivity contribution is 0.145. The molecule has 0 radical (unpaired) electrons. The summed E-state index contributed by atoms with van der Waals surface area (Å²) < 4.78 is 25.7. The van der Waals surface area contributed by atoms with Crippen LogP contribution in [0.4, 0.5) is 8.78 Å². The maximum Gasteiger partial charge on any atom is 0.280 e.